The molecule has 5 heteroatoms. The highest BCUT2D eigenvalue weighted by atomic mass is 16.5. The highest BCUT2D eigenvalue weighted by molar-refractivity contribution is 5.63. The standard InChI is InChI=1S/C15H26N4O/c1-17-6-9-19(10-7-17)11-8-18(2)14-5-4-13(16)12-15(14)20-3/h4-5,12H,6-11,16H2,1-3H3. The number of rotatable bonds is 5. The van der Waals surface area contributed by atoms with Gasteiger partial charge >= 0.3 is 0 Å². The number of hydrogen-bond donors (Lipinski definition) is 1. The minimum absolute atomic E-state index is 0.734. The Morgan fingerprint density at radius 1 is 1.25 bits per heavy atom. The first kappa shape index (κ1) is 14.9. The maximum Gasteiger partial charge on any atom is 0.144 e. The van der Waals surface area contributed by atoms with Crippen LogP contribution in [0.15, 0.2) is 18.2 Å². The molecule has 0 atom stereocenters. The minimum Gasteiger partial charge on any atom is -0.495 e. The van der Waals surface area contributed by atoms with Gasteiger partial charge in [-0.25, -0.2) is 0 Å². The van der Waals surface area contributed by atoms with Gasteiger partial charge in [0.15, 0.2) is 0 Å². The van der Waals surface area contributed by atoms with Crippen LogP contribution < -0.4 is 15.4 Å². The highest BCUT2D eigenvalue weighted by Gasteiger charge is 2.15. The molecule has 112 valence electrons. The molecule has 0 spiro atoms. The van der Waals surface area contributed by atoms with Crippen LogP contribution in [0, 0.1) is 0 Å². The number of likely N-dealkylation sites (N-methyl/N-ethyl adjacent to an activating group) is 2. The summed E-state index contributed by atoms with van der Waals surface area (Å²) >= 11 is 0. The van der Waals surface area contributed by atoms with Crippen LogP contribution in [-0.2, 0) is 0 Å². The van der Waals surface area contributed by atoms with Gasteiger partial charge in [-0.15, -0.1) is 0 Å². The number of methoxy groups -OCH3 is 1. The lowest BCUT2D eigenvalue weighted by Gasteiger charge is -2.33. The van der Waals surface area contributed by atoms with E-state index in [1.165, 1.54) is 0 Å². The van der Waals surface area contributed by atoms with Crippen molar-refractivity contribution in [1.82, 2.24) is 9.80 Å². The van der Waals surface area contributed by atoms with E-state index in [0.29, 0.717) is 0 Å². The van der Waals surface area contributed by atoms with E-state index in [0.717, 1.165) is 56.4 Å². The third kappa shape index (κ3) is 3.77. The van der Waals surface area contributed by atoms with Crippen molar-refractivity contribution < 1.29 is 4.74 Å². The van der Waals surface area contributed by atoms with E-state index >= 15 is 0 Å². The first-order valence-electron chi connectivity index (χ1n) is 7.15. The van der Waals surface area contributed by atoms with Crippen LogP contribution in [0.4, 0.5) is 11.4 Å². The Kier molecular flexibility index (Phi) is 5.09. The highest BCUT2D eigenvalue weighted by Crippen LogP contribution is 2.29. The van der Waals surface area contributed by atoms with Crippen molar-refractivity contribution in [2.75, 3.05) is 71.1 Å². The van der Waals surface area contributed by atoms with Gasteiger partial charge in [0.05, 0.1) is 12.8 Å². The number of anilines is 2. The Morgan fingerprint density at radius 3 is 2.60 bits per heavy atom. The van der Waals surface area contributed by atoms with Crippen molar-refractivity contribution in [3.05, 3.63) is 18.2 Å². The van der Waals surface area contributed by atoms with Crippen molar-refractivity contribution in [1.29, 1.82) is 0 Å². The minimum atomic E-state index is 0.734. The van der Waals surface area contributed by atoms with Crippen LogP contribution in [0.3, 0.4) is 0 Å². The van der Waals surface area contributed by atoms with E-state index in [2.05, 4.69) is 28.8 Å². The van der Waals surface area contributed by atoms with Gasteiger partial charge < -0.3 is 20.3 Å². The molecule has 5 nitrogen and oxygen atoms in total. The predicted octanol–water partition coefficient (Wildman–Crippen LogP) is 0.961. The molecule has 1 aliphatic heterocycles. The molecule has 1 heterocycles. The summed E-state index contributed by atoms with van der Waals surface area (Å²) in [6, 6.07) is 5.82. The lowest BCUT2D eigenvalue weighted by Crippen LogP contribution is -2.46. The summed E-state index contributed by atoms with van der Waals surface area (Å²) in [7, 11) is 5.97. The first-order valence-corrected chi connectivity index (χ1v) is 7.15. The number of hydrogen-bond acceptors (Lipinski definition) is 5. The fraction of sp³-hybridized carbons (Fsp3) is 0.600. The van der Waals surface area contributed by atoms with E-state index in [1.807, 2.05) is 18.2 Å². The number of nitrogens with zero attached hydrogens (tertiary/aromatic N) is 3. The van der Waals surface area contributed by atoms with Gasteiger partial charge in [-0.3, -0.25) is 4.90 Å². The van der Waals surface area contributed by atoms with Gasteiger partial charge in [-0.2, -0.15) is 0 Å². The zero-order valence-electron chi connectivity index (χ0n) is 12.8. The van der Waals surface area contributed by atoms with E-state index in [9.17, 15) is 0 Å². The number of nitrogen functional groups attached to an aromatic ring is 1. The summed E-state index contributed by atoms with van der Waals surface area (Å²) in [6.45, 7) is 6.71. The average Bonchev–Trinajstić information content (AvgIpc) is 2.46. The number of ether oxygens (including phenoxy) is 1. The summed E-state index contributed by atoms with van der Waals surface area (Å²) < 4.78 is 5.41. The summed E-state index contributed by atoms with van der Waals surface area (Å²) in [5, 5.41) is 0. The van der Waals surface area contributed by atoms with Crippen LogP contribution >= 0.6 is 0 Å². The molecule has 1 saturated heterocycles. The molecule has 2 rings (SSSR count). The monoisotopic (exact) mass is 278 g/mol. The second-order valence-electron chi connectivity index (χ2n) is 5.50. The molecule has 0 radical (unpaired) electrons. The molecule has 1 aromatic rings. The van der Waals surface area contributed by atoms with E-state index in [-0.39, 0.29) is 0 Å². The average molecular weight is 278 g/mol. The van der Waals surface area contributed by atoms with E-state index in [1.54, 1.807) is 7.11 Å². The number of piperazine rings is 1. The quantitative estimate of drug-likeness (QED) is 0.813. The van der Waals surface area contributed by atoms with Crippen molar-refractivity contribution in [2.45, 2.75) is 0 Å². The van der Waals surface area contributed by atoms with Crippen molar-refractivity contribution in [3.63, 3.8) is 0 Å². The van der Waals surface area contributed by atoms with E-state index < -0.39 is 0 Å². The molecular weight excluding hydrogens is 252 g/mol. The number of nitrogens with two attached hydrogens (primary N) is 1. The first-order chi connectivity index (χ1) is 9.60. The lowest BCUT2D eigenvalue weighted by molar-refractivity contribution is 0.157. The van der Waals surface area contributed by atoms with Gasteiger partial charge in [0.1, 0.15) is 5.75 Å². The summed E-state index contributed by atoms with van der Waals surface area (Å²) in [5.74, 6) is 0.839. The SMILES string of the molecule is COc1cc(N)ccc1N(C)CCN1CCN(C)CC1. The molecule has 20 heavy (non-hydrogen) atoms. The van der Waals surface area contributed by atoms with Crippen LogP contribution in [0.25, 0.3) is 0 Å². The molecule has 0 unspecified atom stereocenters. The summed E-state index contributed by atoms with van der Waals surface area (Å²) in [4.78, 5) is 7.13. The van der Waals surface area contributed by atoms with Gasteiger partial charge in [-0.05, 0) is 19.2 Å². The molecular formula is C15H26N4O. The zero-order chi connectivity index (χ0) is 14.5. The molecule has 1 fully saturated rings. The fourth-order valence-electron chi connectivity index (χ4n) is 2.49. The van der Waals surface area contributed by atoms with Gasteiger partial charge in [-0.1, -0.05) is 0 Å². The third-order valence-electron chi connectivity index (χ3n) is 3.96. The van der Waals surface area contributed by atoms with Crippen LogP contribution in [0.2, 0.25) is 0 Å². The molecule has 0 bridgehead atoms. The van der Waals surface area contributed by atoms with Gasteiger partial charge in [0.2, 0.25) is 0 Å². The molecule has 1 aliphatic rings. The number of benzene rings is 1. The molecule has 0 saturated carbocycles. The summed E-state index contributed by atoms with van der Waals surface area (Å²) in [6.07, 6.45) is 0. The second kappa shape index (κ2) is 6.81. The zero-order valence-corrected chi connectivity index (χ0v) is 12.8. The smallest absolute Gasteiger partial charge is 0.144 e. The van der Waals surface area contributed by atoms with E-state index in [4.69, 9.17) is 10.5 Å². The van der Waals surface area contributed by atoms with Crippen LogP contribution in [-0.4, -0.2) is 70.3 Å². The molecule has 2 N–H and O–H groups in total. The Morgan fingerprint density at radius 2 is 1.95 bits per heavy atom. The normalized spacial score (nSPS) is 17.1. The Hall–Kier alpha value is -1.46. The maximum atomic E-state index is 5.80. The third-order valence-corrected chi connectivity index (χ3v) is 3.96. The maximum absolute atomic E-state index is 5.80. The molecule has 0 aromatic heterocycles. The van der Waals surface area contributed by atoms with Crippen molar-refractivity contribution in [2.24, 2.45) is 0 Å². The predicted molar refractivity (Wildman–Crippen MR) is 84.6 cm³/mol. The molecule has 0 aliphatic carbocycles. The Bertz CT molecular complexity index is 430. The molecule has 0 amide bonds. The van der Waals surface area contributed by atoms with Gasteiger partial charge in [0.25, 0.3) is 0 Å². The fourth-order valence-corrected chi connectivity index (χ4v) is 2.49. The topological polar surface area (TPSA) is 45.0 Å². The van der Waals surface area contributed by atoms with Gasteiger partial charge in [0, 0.05) is 58.1 Å². The largest absolute Gasteiger partial charge is 0.495 e. The Balaban J connectivity index is 1.90. The lowest BCUT2D eigenvalue weighted by atomic mass is 10.2. The second-order valence-corrected chi connectivity index (χ2v) is 5.50. The van der Waals surface area contributed by atoms with Crippen LogP contribution in [0.1, 0.15) is 0 Å². The Labute approximate surface area is 121 Å². The van der Waals surface area contributed by atoms with Crippen LogP contribution in [0.5, 0.6) is 5.75 Å². The van der Waals surface area contributed by atoms with Crippen molar-refractivity contribution >= 4 is 11.4 Å². The van der Waals surface area contributed by atoms with Crippen molar-refractivity contribution in [3.8, 4) is 5.75 Å². The molecule has 1 aromatic carbocycles. The summed E-state index contributed by atoms with van der Waals surface area (Å²) in [5.41, 5.74) is 7.62.